The smallest absolute Gasteiger partial charge is 0.394 e. The zero-order valence-electron chi connectivity index (χ0n) is 9.35. The van der Waals surface area contributed by atoms with E-state index in [2.05, 4.69) is 5.10 Å². The van der Waals surface area contributed by atoms with Crippen LogP contribution in [0.4, 0.5) is 13.2 Å². The van der Waals surface area contributed by atoms with Crippen molar-refractivity contribution in [2.24, 2.45) is 0 Å². The molecule has 1 N–H and O–H groups in total. The first-order chi connectivity index (χ1) is 8.50. The van der Waals surface area contributed by atoms with Gasteiger partial charge >= 0.3 is 6.18 Å². The number of alkyl halides is 3. The summed E-state index contributed by atoms with van der Waals surface area (Å²) in [6, 6.07) is 4.89. The Labute approximate surface area is 101 Å². The summed E-state index contributed by atoms with van der Waals surface area (Å²) in [4.78, 5) is 0. The summed E-state index contributed by atoms with van der Waals surface area (Å²) in [6.45, 7) is 0.328. The van der Waals surface area contributed by atoms with Gasteiger partial charge in [0.05, 0.1) is 24.9 Å². The molecule has 0 aliphatic carbocycles. The number of aromatic nitrogens is 2. The Bertz CT molecular complexity index is 517. The normalized spacial score (nSPS) is 11.8. The van der Waals surface area contributed by atoms with Crippen molar-refractivity contribution >= 4 is 0 Å². The number of nitrogens with zero attached hydrogens (tertiary/aromatic N) is 2. The topological polar surface area (TPSA) is 38.0 Å². The molecule has 0 amide bonds. The summed E-state index contributed by atoms with van der Waals surface area (Å²) in [6.07, 6.45) is -1.09. The second-order valence-electron chi connectivity index (χ2n) is 3.79. The standard InChI is InChI=1S/C12H11F3N2O/c13-12(14,15)11-3-1-9(2-4-11)10-7-16-17(8-10)5-6-18/h1-4,7-8,18H,5-6H2. The van der Waals surface area contributed by atoms with Gasteiger partial charge in [-0.2, -0.15) is 18.3 Å². The van der Waals surface area contributed by atoms with E-state index in [4.69, 9.17) is 5.11 Å². The zero-order valence-corrected chi connectivity index (χ0v) is 9.35. The second-order valence-corrected chi connectivity index (χ2v) is 3.79. The van der Waals surface area contributed by atoms with Crippen LogP contribution in [0.15, 0.2) is 36.7 Å². The minimum Gasteiger partial charge on any atom is -0.394 e. The predicted octanol–water partition coefficient (Wildman–Crippen LogP) is 2.56. The average molecular weight is 256 g/mol. The van der Waals surface area contributed by atoms with Crippen molar-refractivity contribution in [2.45, 2.75) is 12.7 Å². The molecule has 0 saturated heterocycles. The molecular weight excluding hydrogens is 245 g/mol. The second kappa shape index (κ2) is 4.81. The molecule has 1 aromatic carbocycles. The van der Waals surface area contributed by atoms with Crippen molar-refractivity contribution in [2.75, 3.05) is 6.61 Å². The summed E-state index contributed by atoms with van der Waals surface area (Å²) in [5, 5.41) is 12.7. The number of aliphatic hydroxyl groups is 1. The predicted molar refractivity (Wildman–Crippen MR) is 59.8 cm³/mol. The molecular formula is C12H11F3N2O. The van der Waals surface area contributed by atoms with Gasteiger partial charge in [0, 0.05) is 11.8 Å². The molecule has 0 unspecified atom stereocenters. The lowest BCUT2D eigenvalue weighted by atomic mass is 10.1. The van der Waals surface area contributed by atoms with Gasteiger partial charge in [-0.05, 0) is 17.7 Å². The van der Waals surface area contributed by atoms with Gasteiger partial charge < -0.3 is 5.11 Å². The molecule has 2 rings (SSSR count). The summed E-state index contributed by atoms with van der Waals surface area (Å²) in [5.41, 5.74) is 0.707. The van der Waals surface area contributed by atoms with E-state index in [1.807, 2.05) is 0 Å². The van der Waals surface area contributed by atoms with Crippen LogP contribution >= 0.6 is 0 Å². The first-order valence-corrected chi connectivity index (χ1v) is 5.31. The van der Waals surface area contributed by atoms with Crippen LogP contribution in [0.1, 0.15) is 5.56 Å². The molecule has 0 atom stereocenters. The largest absolute Gasteiger partial charge is 0.416 e. The first-order valence-electron chi connectivity index (χ1n) is 5.31. The Morgan fingerprint density at radius 3 is 2.33 bits per heavy atom. The molecule has 0 saturated carbocycles. The third-order valence-electron chi connectivity index (χ3n) is 2.51. The maximum atomic E-state index is 12.4. The van der Waals surface area contributed by atoms with E-state index in [9.17, 15) is 13.2 Å². The molecule has 6 heteroatoms. The number of hydrogen-bond donors (Lipinski definition) is 1. The Kier molecular flexibility index (Phi) is 3.38. The van der Waals surface area contributed by atoms with Crippen molar-refractivity contribution in [1.29, 1.82) is 0 Å². The highest BCUT2D eigenvalue weighted by atomic mass is 19.4. The van der Waals surface area contributed by atoms with Crippen molar-refractivity contribution in [3.05, 3.63) is 42.2 Å². The van der Waals surface area contributed by atoms with Gasteiger partial charge in [-0.15, -0.1) is 0 Å². The van der Waals surface area contributed by atoms with Crippen LogP contribution in [0, 0.1) is 0 Å². The molecule has 0 fully saturated rings. The van der Waals surface area contributed by atoms with E-state index in [1.54, 1.807) is 12.4 Å². The monoisotopic (exact) mass is 256 g/mol. The van der Waals surface area contributed by atoms with Gasteiger partial charge in [0.2, 0.25) is 0 Å². The molecule has 18 heavy (non-hydrogen) atoms. The maximum absolute atomic E-state index is 12.4. The highest BCUT2D eigenvalue weighted by Gasteiger charge is 2.29. The number of aliphatic hydroxyl groups excluding tert-OH is 1. The fourth-order valence-corrected chi connectivity index (χ4v) is 1.59. The Hall–Kier alpha value is -1.82. The van der Waals surface area contributed by atoms with E-state index in [1.165, 1.54) is 16.8 Å². The van der Waals surface area contributed by atoms with Gasteiger partial charge in [0.25, 0.3) is 0 Å². The van der Waals surface area contributed by atoms with Crippen LogP contribution in [0.2, 0.25) is 0 Å². The van der Waals surface area contributed by atoms with Crippen molar-refractivity contribution < 1.29 is 18.3 Å². The van der Waals surface area contributed by atoms with Gasteiger partial charge in [0.15, 0.2) is 0 Å². The fraction of sp³-hybridized carbons (Fsp3) is 0.250. The van der Waals surface area contributed by atoms with E-state index in [0.717, 1.165) is 17.7 Å². The van der Waals surface area contributed by atoms with E-state index in [-0.39, 0.29) is 6.61 Å². The minimum atomic E-state index is -4.32. The summed E-state index contributed by atoms with van der Waals surface area (Å²) in [7, 11) is 0. The van der Waals surface area contributed by atoms with Crippen LogP contribution in [0.3, 0.4) is 0 Å². The number of hydrogen-bond acceptors (Lipinski definition) is 2. The van der Waals surface area contributed by atoms with Crippen LogP contribution in [-0.2, 0) is 12.7 Å². The van der Waals surface area contributed by atoms with Crippen molar-refractivity contribution in [3.63, 3.8) is 0 Å². The van der Waals surface area contributed by atoms with Crippen molar-refractivity contribution in [1.82, 2.24) is 9.78 Å². The molecule has 3 nitrogen and oxygen atoms in total. The molecule has 96 valence electrons. The highest BCUT2D eigenvalue weighted by Crippen LogP contribution is 2.30. The third kappa shape index (κ3) is 2.70. The van der Waals surface area contributed by atoms with E-state index >= 15 is 0 Å². The Balaban J connectivity index is 2.23. The van der Waals surface area contributed by atoms with Gasteiger partial charge in [0.1, 0.15) is 0 Å². The number of benzene rings is 1. The van der Waals surface area contributed by atoms with Crippen LogP contribution in [0.5, 0.6) is 0 Å². The summed E-state index contributed by atoms with van der Waals surface area (Å²) >= 11 is 0. The fourth-order valence-electron chi connectivity index (χ4n) is 1.59. The van der Waals surface area contributed by atoms with Gasteiger partial charge in [-0.3, -0.25) is 4.68 Å². The molecule has 0 aliphatic rings. The quantitative estimate of drug-likeness (QED) is 0.916. The van der Waals surface area contributed by atoms with Crippen LogP contribution < -0.4 is 0 Å². The van der Waals surface area contributed by atoms with Crippen molar-refractivity contribution in [3.8, 4) is 11.1 Å². The number of halogens is 3. The first kappa shape index (κ1) is 12.6. The van der Waals surface area contributed by atoms with Gasteiger partial charge in [-0.25, -0.2) is 0 Å². The average Bonchev–Trinajstić information content (AvgIpc) is 2.77. The Morgan fingerprint density at radius 1 is 1.11 bits per heavy atom. The Morgan fingerprint density at radius 2 is 1.78 bits per heavy atom. The maximum Gasteiger partial charge on any atom is 0.416 e. The lowest BCUT2D eigenvalue weighted by molar-refractivity contribution is -0.137. The molecule has 0 bridgehead atoms. The van der Waals surface area contributed by atoms with E-state index < -0.39 is 11.7 Å². The third-order valence-corrected chi connectivity index (χ3v) is 2.51. The molecule has 0 radical (unpaired) electrons. The molecule has 1 heterocycles. The summed E-state index contributed by atoms with van der Waals surface area (Å²) in [5.74, 6) is 0. The molecule has 1 aromatic heterocycles. The highest BCUT2D eigenvalue weighted by molar-refractivity contribution is 5.62. The SMILES string of the molecule is OCCn1cc(-c2ccc(C(F)(F)F)cc2)cn1. The molecule has 0 aliphatic heterocycles. The molecule has 2 aromatic rings. The number of rotatable bonds is 3. The zero-order chi connectivity index (χ0) is 13.2. The lowest BCUT2D eigenvalue weighted by Crippen LogP contribution is -2.03. The minimum absolute atomic E-state index is 0.0336. The lowest BCUT2D eigenvalue weighted by Gasteiger charge is -2.06. The van der Waals surface area contributed by atoms with Gasteiger partial charge in [-0.1, -0.05) is 12.1 Å². The van der Waals surface area contributed by atoms with Crippen LogP contribution in [-0.4, -0.2) is 21.5 Å². The molecule has 0 spiro atoms. The van der Waals surface area contributed by atoms with E-state index in [0.29, 0.717) is 12.1 Å². The van der Waals surface area contributed by atoms with Crippen LogP contribution in [0.25, 0.3) is 11.1 Å². The summed E-state index contributed by atoms with van der Waals surface area (Å²) < 4.78 is 38.7.